The fourth-order valence-corrected chi connectivity index (χ4v) is 1.35. The van der Waals surface area contributed by atoms with Crippen molar-refractivity contribution in [3.63, 3.8) is 0 Å². The fraction of sp³-hybridized carbons (Fsp3) is 1.00. The molecule has 0 saturated heterocycles. The van der Waals surface area contributed by atoms with Crippen molar-refractivity contribution >= 4 is 15.7 Å². The van der Waals surface area contributed by atoms with Crippen molar-refractivity contribution in [1.82, 2.24) is 0 Å². The predicted molar refractivity (Wildman–Crippen MR) is 56.2 cm³/mol. The van der Waals surface area contributed by atoms with Gasteiger partial charge in [0.2, 0.25) is 0 Å². The van der Waals surface area contributed by atoms with Gasteiger partial charge in [-0.15, -0.1) is 0 Å². The first kappa shape index (κ1) is 16.1. The molecule has 9 heteroatoms. The quantitative estimate of drug-likeness (QED) is 0.379. The molecule has 0 heterocycles. The summed E-state index contributed by atoms with van der Waals surface area (Å²) in [6, 6.07) is 0. The van der Waals surface area contributed by atoms with Crippen LogP contribution in [-0.2, 0) is 18.3 Å². The minimum absolute atomic E-state index is 0.165. The second kappa shape index (κ2) is 7.39. The molecule has 0 bridgehead atoms. The number of aliphatic hydroxyl groups is 2. The summed E-state index contributed by atoms with van der Waals surface area (Å²) in [7, 11) is 3.28. The first-order valence-corrected chi connectivity index (χ1v) is 5.99. The molecule has 0 aromatic carbocycles. The van der Waals surface area contributed by atoms with Crippen LogP contribution in [0.4, 0.5) is 0 Å². The van der Waals surface area contributed by atoms with E-state index < -0.39 is 32.7 Å². The van der Waals surface area contributed by atoms with Crippen LogP contribution in [0.15, 0.2) is 0 Å². The maximum absolute atomic E-state index is 11.0. The van der Waals surface area contributed by atoms with E-state index >= 15 is 0 Å². The van der Waals surface area contributed by atoms with Gasteiger partial charge in [0.25, 0.3) is 0 Å². The molecule has 0 spiro atoms. The standard InChI is InChI=1S/C7H16BO7P/c1-13-6(7(10)5(9)3-8)4-15-16(11,12)14-2/h5-7,9-10H,3-4H2,1-2H3,(H,11,12). The van der Waals surface area contributed by atoms with Crippen molar-refractivity contribution in [2.24, 2.45) is 0 Å². The molecule has 94 valence electrons. The molecule has 3 N–H and O–H groups in total. The van der Waals surface area contributed by atoms with E-state index in [0.717, 1.165) is 7.11 Å². The Morgan fingerprint density at radius 1 is 1.38 bits per heavy atom. The van der Waals surface area contributed by atoms with E-state index in [1.807, 2.05) is 0 Å². The third-order valence-corrected chi connectivity index (χ3v) is 2.89. The lowest BCUT2D eigenvalue weighted by Crippen LogP contribution is -2.41. The summed E-state index contributed by atoms with van der Waals surface area (Å²) in [5.41, 5.74) is 0. The Balaban J connectivity index is 4.25. The van der Waals surface area contributed by atoms with Crippen molar-refractivity contribution < 1.29 is 33.5 Å². The Hall–Kier alpha value is 0.0549. The van der Waals surface area contributed by atoms with E-state index in [0.29, 0.717) is 0 Å². The van der Waals surface area contributed by atoms with Gasteiger partial charge in [-0.05, 0) is 0 Å². The van der Waals surface area contributed by atoms with Crippen molar-refractivity contribution in [1.29, 1.82) is 0 Å². The van der Waals surface area contributed by atoms with Crippen LogP contribution in [0.25, 0.3) is 0 Å². The van der Waals surface area contributed by atoms with Gasteiger partial charge in [-0.3, -0.25) is 9.05 Å². The number of aliphatic hydroxyl groups excluding tert-OH is 2. The zero-order chi connectivity index (χ0) is 12.8. The van der Waals surface area contributed by atoms with Crippen LogP contribution in [0.2, 0.25) is 6.32 Å². The molecule has 4 atom stereocenters. The van der Waals surface area contributed by atoms with Crippen LogP contribution in [0, 0.1) is 0 Å². The van der Waals surface area contributed by atoms with Crippen LogP contribution >= 0.6 is 7.82 Å². The lowest BCUT2D eigenvalue weighted by Gasteiger charge is -2.25. The maximum Gasteiger partial charge on any atom is 0.472 e. The maximum atomic E-state index is 11.0. The van der Waals surface area contributed by atoms with Gasteiger partial charge in [-0.25, -0.2) is 4.57 Å². The Morgan fingerprint density at radius 2 is 1.94 bits per heavy atom. The molecule has 0 aromatic heterocycles. The van der Waals surface area contributed by atoms with Gasteiger partial charge >= 0.3 is 7.82 Å². The van der Waals surface area contributed by atoms with E-state index in [-0.39, 0.29) is 6.32 Å². The molecule has 7 nitrogen and oxygen atoms in total. The van der Waals surface area contributed by atoms with Gasteiger partial charge in [0, 0.05) is 14.2 Å². The fourth-order valence-electron chi connectivity index (χ4n) is 0.914. The summed E-state index contributed by atoms with van der Waals surface area (Å²) in [6.45, 7) is -0.406. The molecule has 0 aliphatic heterocycles. The number of phosphoric ester groups is 1. The Bertz CT molecular complexity index is 239. The monoisotopic (exact) mass is 254 g/mol. The van der Waals surface area contributed by atoms with E-state index in [1.54, 1.807) is 0 Å². The van der Waals surface area contributed by atoms with E-state index in [2.05, 4.69) is 9.05 Å². The molecule has 0 aliphatic carbocycles. The second-order valence-electron chi connectivity index (χ2n) is 3.01. The summed E-state index contributed by atoms with van der Waals surface area (Å²) in [5.74, 6) is 0. The number of methoxy groups -OCH3 is 1. The summed E-state index contributed by atoms with van der Waals surface area (Å²) in [4.78, 5) is 8.93. The van der Waals surface area contributed by atoms with Crippen molar-refractivity contribution in [3.8, 4) is 0 Å². The highest BCUT2D eigenvalue weighted by molar-refractivity contribution is 7.47. The Kier molecular flexibility index (Phi) is 7.42. The third kappa shape index (κ3) is 5.40. The second-order valence-corrected chi connectivity index (χ2v) is 4.58. The normalized spacial score (nSPS) is 21.1. The first-order valence-electron chi connectivity index (χ1n) is 4.50. The molecule has 0 fully saturated rings. The molecule has 16 heavy (non-hydrogen) atoms. The summed E-state index contributed by atoms with van der Waals surface area (Å²) < 4.78 is 24.4. The number of hydrogen-bond donors (Lipinski definition) is 3. The van der Waals surface area contributed by atoms with Crippen LogP contribution < -0.4 is 0 Å². The first-order chi connectivity index (χ1) is 7.37. The number of hydrogen-bond acceptors (Lipinski definition) is 6. The Labute approximate surface area is 95.4 Å². The highest BCUT2D eigenvalue weighted by Crippen LogP contribution is 2.42. The highest BCUT2D eigenvalue weighted by atomic mass is 31.2. The molecular formula is C7H16BO7P. The van der Waals surface area contributed by atoms with Gasteiger partial charge in [-0.1, -0.05) is 6.32 Å². The summed E-state index contributed by atoms with van der Waals surface area (Å²) in [5, 5.41) is 18.7. The van der Waals surface area contributed by atoms with Gasteiger partial charge < -0.3 is 19.8 Å². The van der Waals surface area contributed by atoms with Crippen LogP contribution in [0.5, 0.6) is 0 Å². The summed E-state index contributed by atoms with van der Waals surface area (Å²) in [6.07, 6.45) is -3.66. The zero-order valence-corrected chi connectivity index (χ0v) is 10.0. The smallest absolute Gasteiger partial charge is 0.391 e. The summed E-state index contributed by atoms with van der Waals surface area (Å²) >= 11 is 0. The van der Waals surface area contributed by atoms with E-state index in [4.69, 9.17) is 17.5 Å². The SMILES string of the molecule is [B]CC(O)C(O)C(COP(=O)(O)OC)OC. The van der Waals surface area contributed by atoms with Crippen LogP contribution in [0.3, 0.4) is 0 Å². The molecule has 4 unspecified atom stereocenters. The molecule has 0 rings (SSSR count). The minimum Gasteiger partial charge on any atom is -0.391 e. The Morgan fingerprint density at radius 3 is 2.31 bits per heavy atom. The van der Waals surface area contributed by atoms with Crippen molar-refractivity contribution in [3.05, 3.63) is 0 Å². The minimum atomic E-state index is -4.12. The van der Waals surface area contributed by atoms with Crippen LogP contribution in [-0.4, -0.2) is 62.1 Å². The molecule has 0 aliphatic rings. The zero-order valence-electron chi connectivity index (χ0n) is 9.15. The lowest BCUT2D eigenvalue weighted by molar-refractivity contribution is -0.0860. The molecule has 2 radical (unpaired) electrons. The topological polar surface area (TPSA) is 105 Å². The third-order valence-electron chi connectivity index (χ3n) is 1.95. The van der Waals surface area contributed by atoms with Gasteiger partial charge in [-0.2, -0.15) is 0 Å². The van der Waals surface area contributed by atoms with Crippen molar-refractivity contribution in [2.45, 2.75) is 24.6 Å². The average Bonchev–Trinajstić information content (AvgIpc) is 2.28. The van der Waals surface area contributed by atoms with Crippen LogP contribution in [0.1, 0.15) is 0 Å². The number of ether oxygens (including phenoxy) is 1. The molecule has 0 amide bonds. The van der Waals surface area contributed by atoms with Crippen molar-refractivity contribution in [2.75, 3.05) is 20.8 Å². The number of rotatable bonds is 8. The predicted octanol–water partition coefficient (Wildman–Crippen LogP) is -0.927. The van der Waals surface area contributed by atoms with Gasteiger partial charge in [0.1, 0.15) is 12.2 Å². The van der Waals surface area contributed by atoms with Gasteiger partial charge in [0.15, 0.2) is 0 Å². The number of phosphoric acid groups is 1. The molecular weight excluding hydrogens is 238 g/mol. The largest absolute Gasteiger partial charge is 0.472 e. The highest BCUT2D eigenvalue weighted by Gasteiger charge is 2.28. The average molecular weight is 254 g/mol. The molecule has 0 aromatic rings. The van der Waals surface area contributed by atoms with Gasteiger partial charge in [0.05, 0.1) is 20.6 Å². The van der Waals surface area contributed by atoms with E-state index in [1.165, 1.54) is 7.11 Å². The molecule has 0 saturated carbocycles. The lowest BCUT2D eigenvalue weighted by atomic mass is 9.94. The van der Waals surface area contributed by atoms with E-state index in [9.17, 15) is 14.8 Å².